The van der Waals surface area contributed by atoms with Gasteiger partial charge in [0.05, 0.1) is 11.9 Å². The topological polar surface area (TPSA) is 92.4 Å². The molecule has 0 bridgehead atoms. The Balaban J connectivity index is 2.11. The maximum absolute atomic E-state index is 11.7. The fourth-order valence-corrected chi connectivity index (χ4v) is 1.31. The standard InChI is InChI=1S/C12H10N2O4/c1-7-2-3-8(6-13-7)14-11(15)9-4-5-10(18-9)12(16)17/h2-6H,1H3,(H,14,15)(H,16,17). The molecule has 0 aliphatic rings. The zero-order valence-corrected chi connectivity index (χ0v) is 9.51. The van der Waals surface area contributed by atoms with Gasteiger partial charge in [-0.05, 0) is 31.2 Å². The van der Waals surface area contributed by atoms with Crippen molar-refractivity contribution in [2.75, 3.05) is 5.32 Å². The summed E-state index contributed by atoms with van der Waals surface area (Å²) in [5.74, 6) is -2.07. The Morgan fingerprint density at radius 2 is 1.94 bits per heavy atom. The zero-order valence-electron chi connectivity index (χ0n) is 9.51. The lowest BCUT2D eigenvalue weighted by atomic mass is 10.3. The molecule has 2 N–H and O–H groups in total. The molecule has 0 atom stereocenters. The van der Waals surface area contributed by atoms with E-state index in [1.54, 1.807) is 12.1 Å². The Bertz CT molecular complexity index is 586. The first kappa shape index (κ1) is 11.8. The van der Waals surface area contributed by atoms with Crippen LogP contribution in [0.25, 0.3) is 0 Å². The van der Waals surface area contributed by atoms with Crippen molar-refractivity contribution >= 4 is 17.6 Å². The number of hydrogen-bond donors (Lipinski definition) is 2. The average molecular weight is 246 g/mol. The van der Waals surface area contributed by atoms with Crippen molar-refractivity contribution < 1.29 is 19.1 Å². The molecule has 0 saturated heterocycles. The molecule has 92 valence electrons. The third-order valence-electron chi connectivity index (χ3n) is 2.21. The number of anilines is 1. The molecule has 2 heterocycles. The quantitative estimate of drug-likeness (QED) is 0.863. The van der Waals surface area contributed by atoms with Gasteiger partial charge in [0.25, 0.3) is 5.91 Å². The Labute approximate surface area is 102 Å². The van der Waals surface area contributed by atoms with E-state index in [1.807, 2.05) is 6.92 Å². The van der Waals surface area contributed by atoms with Gasteiger partial charge in [-0.2, -0.15) is 0 Å². The van der Waals surface area contributed by atoms with Gasteiger partial charge < -0.3 is 14.8 Å². The number of aromatic carboxylic acids is 1. The Morgan fingerprint density at radius 1 is 1.22 bits per heavy atom. The van der Waals surface area contributed by atoms with E-state index in [2.05, 4.69) is 10.3 Å². The molecule has 0 fully saturated rings. The van der Waals surface area contributed by atoms with Crippen molar-refractivity contribution in [3.05, 3.63) is 47.7 Å². The highest BCUT2D eigenvalue weighted by atomic mass is 16.4. The number of carbonyl (C=O) groups excluding carboxylic acids is 1. The van der Waals surface area contributed by atoms with Crippen LogP contribution in [0.5, 0.6) is 0 Å². The molecular weight excluding hydrogens is 236 g/mol. The minimum atomic E-state index is -1.22. The predicted octanol–water partition coefficient (Wildman–Crippen LogP) is 1.93. The first-order valence-corrected chi connectivity index (χ1v) is 5.13. The number of aromatic nitrogens is 1. The van der Waals surface area contributed by atoms with Gasteiger partial charge in [-0.3, -0.25) is 9.78 Å². The lowest BCUT2D eigenvalue weighted by molar-refractivity contribution is 0.0660. The number of furan rings is 1. The molecule has 0 aromatic carbocycles. The summed E-state index contributed by atoms with van der Waals surface area (Å²) >= 11 is 0. The van der Waals surface area contributed by atoms with Crippen LogP contribution in [0.4, 0.5) is 5.69 Å². The van der Waals surface area contributed by atoms with Gasteiger partial charge in [-0.1, -0.05) is 0 Å². The zero-order chi connectivity index (χ0) is 13.1. The molecule has 0 unspecified atom stereocenters. The predicted molar refractivity (Wildman–Crippen MR) is 62.6 cm³/mol. The fraction of sp³-hybridized carbons (Fsp3) is 0.0833. The second-order valence-electron chi connectivity index (χ2n) is 3.61. The van der Waals surface area contributed by atoms with Crippen LogP contribution in [0.2, 0.25) is 0 Å². The summed E-state index contributed by atoms with van der Waals surface area (Å²) in [4.78, 5) is 26.3. The van der Waals surface area contributed by atoms with Crippen molar-refractivity contribution in [2.45, 2.75) is 6.92 Å². The smallest absolute Gasteiger partial charge is 0.371 e. The second kappa shape index (κ2) is 4.70. The maximum atomic E-state index is 11.7. The number of nitrogens with zero attached hydrogens (tertiary/aromatic N) is 1. The largest absolute Gasteiger partial charge is 0.475 e. The van der Waals surface area contributed by atoms with Crippen molar-refractivity contribution in [1.29, 1.82) is 0 Å². The molecule has 0 aliphatic carbocycles. The van der Waals surface area contributed by atoms with E-state index in [9.17, 15) is 9.59 Å². The lowest BCUT2D eigenvalue weighted by Crippen LogP contribution is -2.11. The summed E-state index contributed by atoms with van der Waals surface area (Å²) in [5, 5.41) is 11.2. The molecule has 18 heavy (non-hydrogen) atoms. The van der Waals surface area contributed by atoms with Crippen molar-refractivity contribution in [1.82, 2.24) is 4.98 Å². The molecule has 6 heteroatoms. The Morgan fingerprint density at radius 3 is 2.50 bits per heavy atom. The van der Waals surface area contributed by atoms with E-state index in [0.717, 1.165) is 5.69 Å². The number of carboxylic acids is 1. The first-order chi connectivity index (χ1) is 8.56. The van der Waals surface area contributed by atoms with Gasteiger partial charge in [0.1, 0.15) is 0 Å². The van der Waals surface area contributed by atoms with Crippen LogP contribution >= 0.6 is 0 Å². The summed E-state index contributed by atoms with van der Waals surface area (Å²) in [6.45, 7) is 1.83. The molecule has 6 nitrogen and oxygen atoms in total. The minimum absolute atomic E-state index is 0.0621. The van der Waals surface area contributed by atoms with Gasteiger partial charge in [-0.15, -0.1) is 0 Å². The maximum Gasteiger partial charge on any atom is 0.371 e. The highest BCUT2D eigenvalue weighted by molar-refractivity contribution is 6.02. The van der Waals surface area contributed by atoms with Gasteiger partial charge >= 0.3 is 5.97 Å². The number of aryl methyl sites for hydroxylation is 1. The third-order valence-corrected chi connectivity index (χ3v) is 2.21. The molecule has 1 amide bonds. The monoisotopic (exact) mass is 246 g/mol. The number of hydrogen-bond acceptors (Lipinski definition) is 4. The van der Waals surface area contributed by atoms with E-state index in [0.29, 0.717) is 5.69 Å². The van der Waals surface area contributed by atoms with E-state index in [-0.39, 0.29) is 11.5 Å². The van der Waals surface area contributed by atoms with Crippen LogP contribution in [0.15, 0.2) is 34.9 Å². The van der Waals surface area contributed by atoms with Crippen molar-refractivity contribution in [2.24, 2.45) is 0 Å². The van der Waals surface area contributed by atoms with E-state index in [4.69, 9.17) is 9.52 Å². The molecule has 2 aromatic rings. The summed E-state index contributed by atoms with van der Waals surface area (Å²) in [5.41, 5.74) is 1.35. The molecule has 2 aromatic heterocycles. The van der Waals surface area contributed by atoms with E-state index >= 15 is 0 Å². The van der Waals surface area contributed by atoms with Gasteiger partial charge in [-0.25, -0.2) is 4.79 Å². The number of carbonyl (C=O) groups is 2. The highest BCUT2D eigenvalue weighted by Gasteiger charge is 2.14. The van der Waals surface area contributed by atoms with Gasteiger partial charge in [0.2, 0.25) is 5.76 Å². The molecule has 0 aliphatic heterocycles. The van der Waals surface area contributed by atoms with Crippen LogP contribution in [0.1, 0.15) is 26.8 Å². The molecule has 0 spiro atoms. The lowest BCUT2D eigenvalue weighted by Gasteiger charge is -2.02. The molecular formula is C12H10N2O4. The number of rotatable bonds is 3. The van der Waals surface area contributed by atoms with E-state index in [1.165, 1.54) is 18.3 Å². The van der Waals surface area contributed by atoms with E-state index < -0.39 is 11.9 Å². The Kier molecular flexibility index (Phi) is 3.09. The average Bonchev–Trinajstić information content (AvgIpc) is 2.81. The highest BCUT2D eigenvalue weighted by Crippen LogP contribution is 2.11. The molecule has 2 rings (SSSR count). The van der Waals surface area contributed by atoms with Gasteiger partial charge in [0, 0.05) is 5.69 Å². The van der Waals surface area contributed by atoms with Crippen molar-refractivity contribution in [3.63, 3.8) is 0 Å². The number of nitrogens with one attached hydrogen (secondary N) is 1. The second-order valence-corrected chi connectivity index (χ2v) is 3.61. The van der Waals surface area contributed by atoms with Crippen LogP contribution in [0.3, 0.4) is 0 Å². The normalized spacial score (nSPS) is 10.1. The third kappa shape index (κ3) is 2.54. The Hall–Kier alpha value is -2.63. The number of amides is 1. The number of carboxylic acid groups (broad SMARTS) is 1. The number of pyridine rings is 1. The minimum Gasteiger partial charge on any atom is -0.475 e. The summed E-state index contributed by atoms with van der Waals surface area (Å²) in [6.07, 6.45) is 1.51. The SMILES string of the molecule is Cc1ccc(NC(=O)c2ccc(C(=O)O)o2)cn1. The first-order valence-electron chi connectivity index (χ1n) is 5.13. The van der Waals surface area contributed by atoms with Crippen LogP contribution < -0.4 is 5.32 Å². The van der Waals surface area contributed by atoms with Crippen LogP contribution in [0, 0.1) is 6.92 Å². The molecule has 0 saturated carbocycles. The summed E-state index contributed by atoms with van der Waals surface area (Å²) in [6, 6.07) is 5.98. The van der Waals surface area contributed by atoms with Crippen LogP contribution in [-0.4, -0.2) is 22.0 Å². The van der Waals surface area contributed by atoms with Crippen LogP contribution in [-0.2, 0) is 0 Å². The van der Waals surface area contributed by atoms with Gasteiger partial charge in [0.15, 0.2) is 5.76 Å². The fourth-order valence-electron chi connectivity index (χ4n) is 1.31. The molecule has 0 radical (unpaired) electrons. The summed E-state index contributed by atoms with van der Waals surface area (Å²) < 4.78 is 4.87. The van der Waals surface area contributed by atoms with Crippen molar-refractivity contribution in [3.8, 4) is 0 Å². The summed E-state index contributed by atoms with van der Waals surface area (Å²) in [7, 11) is 0.